The molecule has 0 aromatic carbocycles. The first-order valence-corrected chi connectivity index (χ1v) is 6.80. The van der Waals surface area contributed by atoms with Crippen LogP contribution < -0.4 is 10.2 Å². The molecule has 1 aliphatic heterocycles. The van der Waals surface area contributed by atoms with Crippen LogP contribution in [0.3, 0.4) is 0 Å². The zero-order valence-corrected chi connectivity index (χ0v) is 11.9. The van der Waals surface area contributed by atoms with E-state index in [0.29, 0.717) is 0 Å². The van der Waals surface area contributed by atoms with Crippen molar-refractivity contribution in [1.82, 2.24) is 15.3 Å². The fraction of sp³-hybridized carbons (Fsp3) is 0.643. The number of carbonyl (C=O) groups excluding carboxylic acids is 1. The molecule has 1 amide bonds. The summed E-state index contributed by atoms with van der Waals surface area (Å²) in [5.74, 6) is 0.907. The first kappa shape index (κ1) is 13.8. The first-order valence-electron chi connectivity index (χ1n) is 6.80. The van der Waals surface area contributed by atoms with Crippen LogP contribution in [-0.4, -0.2) is 35.0 Å². The SMILES string of the molecule is CC(C)(C)C(=O)NC1CCN(c2ncccn2)CC1. The molecule has 2 heterocycles. The second-order valence-corrected chi connectivity index (χ2v) is 6.03. The maximum atomic E-state index is 11.9. The third kappa shape index (κ3) is 3.66. The van der Waals surface area contributed by atoms with E-state index in [1.54, 1.807) is 12.4 Å². The summed E-state index contributed by atoms with van der Waals surface area (Å²) in [5.41, 5.74) is -0.320. The minimum absolute atomic E-state index is 0.127. The molecule has 1 aromatic rings. The summed E-state index contributed by atoms with van der Waals surface area (Å²) in [5, 5.41) is 3.12. The van der Waals surface area contributed by atoms with Crippen LogP contribution in [0.1, 0.15) is 33.6 Å². The lowest BCUT2D eigenvalue weighted by Crippen LogP contribution is -2.48. The molecule has 1 N–H and O–H groups in total. The summed E-state index contributed by atoms with van der Waals surface area (Å²) < 4.78 is 0. The fourth-order valence-corrected chi connectivity index (χ4v) is 2.08. The van der Waals surface area contributed by atoms with Crippen molar-refractivity contribution in [1.29, 1.82) is 0 Å². The maximum absolute atomic E-state index is 11.9. The fourth-order valence-electron chi connectivity index (χ4n) is 2.08. The average molecular weight is 262 g/mol. The number of anilines is 1. The van der Waals surface area contributed by atoms with Gasteiger partial charge in [0.1, 0.15) is 0 Å². The molecule has 1 saturated heterocycles. The van der Waals surface area contributed by atoms with Gasteiger partial charge in [0.2, 0.25) is 11.9 Å². The van der Waals surface area contributed by atoms with Gasteiger partial charge in [-0.05, 0) is 18.9 Å². The van der Waals surface area contributed by atoms with Gasteiger partial charge in [0.25, 0.3) is 0 Å². The Morgan fingerprint density at radius 2 is 1.84 bits per heavy atom. The number of hydrogen-bond donors (Lipinski definition) is 1. The van der Waals surface area contributed by atoms with Crippen LogP contribution in [0, 0.1) is 5.41 Å². The molecule has 0 saturated carbocycles. The van der Waals surface area contributed by atoms with Crippen LogP contribution in [-0.2, 0) is 4.79 Å². The quantitative estimate of drug-likeness (QED) is 0.879. The van der Waals surface area contributed by atoms with Gasteiger partial charge >= 0.3 is 0 Å². The van der Waals surface area contributed by atoms with Crippen molar-refractivity contribution < 1.29 is 4.79 Å². The van der Waals surface area contributed by atoms with Crippen molar-refractivity contribution in [3.05, 3.63) is 18.5 Å². The van der Waals surface area contributed by atoms with Gasteiger partial charge in [-0.2, -0.15) is 0 Å². The van der Waals surface area contributed by atoms with Crippen molar-refractivity contribution in [2.75, 3.05) is 18.0 Å². The molecule has 19 heavy (non-hydrogen) atoms. The van der Waals surface area contributed by atoms with Gasteiger partial charge in [-0.1, -0.05) is 20.8 Å². The van der Waals surface area contributed by atoms with E-state index in [0.717, 1.165) is 31.9 Å². The number of nitrogens with one attached hydrogen (secondary N) is 1. The zero-order valence-electron chi connectivity index (χ0n) is 11.9. The number of nitrogens with zero attached hydrogens (tertiary/aromatic N) is 3. The zero-order chi connectivity index (χ0) is 13.9. The van der Waals surface area contributed by atoms with Crippen LogP contribution in [0.4, 0.5) is 5.95 Å². The average Bonchev–Trinajstić information content (AvgIpc) is 2.39. The van der Waals surface area contributed by atoms with E-state index in [1.807, 2.05) is 26.8 Å². The summed E-state index contributed by atoms with van der Waals surface area (Å²) in [6, 6.07) is 2.09. The normalized spacial score (nSPS) is 17.3. The lowest BCUT2D eigenvalue weighted by Gasteiger charge is -2.33. The molecular formula is C14H22N4O. The Bertz CT molecular complexity index is 419. The van der Waals surface area contributed by atoms with Crippen molar-refractivity contribution >= 4 is 11.9 Å². The molecule has 1 fully saturated rings. The van der Waals surface area contributed by atoms with Crippen LogP contribution in [0.25, 0.3) is 0 Å². The summed E-state index contributed by atoms with van der Waals surface area (Å²) >= 11 is 0. The standard InChI is InChI=1S/C14H22N4O/c1-14(2,3)12(19)17-11-5-9-18(10-6-11)13-15-7-4-8-16-13/h4,7-8,11H,5-6,9-10H2,1-3H3,(H,17,19). The molecule has 1 aliphatic rings. The van der Waals surface area contributed by atoms with Gasteiger partial charge in [0.15, 0.2) is 0 Å². The molecule has 2 rings (SSSR count). The molecule has 0 unspecified atom stereocenters. The summed E-state index contributed by atoms with van der Waals surface area (Å²) in [6.07, 6.45) is 5.41. The van der Waals surface area contributed by atoms with Gasteiger partial charge in [0, 0.05) is 36.9 Å². The van der Waals surface area contributed by atoms with Gasteiger partial charge < -0.3 is 10.2 Å². The number of aromatic nitrogens is 2. The number of carbonyl (C=O) groups is 1. The third-order valence-electron chi connectivity index (χ3n) is 3.35. The second-order valence-electron chi connectivity index (χ2n) is 6.03. The molecule has 5 nitrogen and oxygen atoms in total. The highest BCUT2D eigenvalue weighted by Crippen LogP contribution is 2.18. The molecule has 1 aromatic heterocycles. The highest BCUT2D eigenvalue weighted by molar-refractivity contribution is 5.81. The molecule has 0 spiro atoms. The molecule has 5 heteroatoms. The summed E-state index contributed by atoms with van der Waals surface area (Å²) in [6.45, 7) is 7.60. The Morgan fingerprint density at radius 1 is 1.26 bits per heavy atom. The van der Waals surface area contributed by atoms with Crippen molar-refractivity contribution in [2.24, 2.45) is 5.41 Å². The maximum Gasteiger partial charge on any atom is 0.225 e. The molecule has 0 bridgehead atoms. The lowest BCUT2D eigenvalue weighted by atomic mass is 9.94. The number of rotatable bonds is 2. The third-order valence-corrected chi connectivity index (χ3v) is 3.35. The summed E-state index contributed by atoms with van der Waals surface area (Å²) in [4.78, 5) is 22.6. The Kier molecular flexibility index (Phi) is 4.02. The van der Waals surface area contributed by atoms with Crippen molar-refractivity contribution in [3.8, 4) is 0 Å². The second kappa shape index (κ2) is 5.55. The van der Waals surface area contributed by atoms with Crippen molar-refractivity contribution in [2.45, 2.75) is 39.7 Å². The highest BCUT2D eigenvalue weighted by Gasteiger charge is 2.26. The molecule has 0 atom stereocenters. The van der Waals surface area contributed by atoms with E-state index in [2.05, 4.69) is 20.2 Å². The minimum Gasteiger partial charge on any atom is -0.353 e. The number of piperidine rings is 1. The molecule has 0 radical (unpaired) electrons. The monoisotopic (exact) mass is 262 g/mol. The highest BCUT2D eigenvalue weighted by atomic mass is 16.2. The summed E-state index contributed by atoms with van der Waals surface area (Å²) in [7, 11) is 0. The van der Waals surface area contributed by atoms with E-state index < -0.39 is 0 Å². The Balaban J connectivity index is 1.85. The molecule has 0 aliphatic carbocycles. The van der Waals surface area contributed by atoms with Crippen LogP contribution in [0.5, 0.6) is 0 Å². The molecular weight excluding hydrogens is 240 g/mol. The Labute approximate surface area is 114 Å². The van der Waals surface area contributed by atoms with E-state index in [-0.39, 0.29) is 17.4 Å². The van der Waals surface area contributed by atoms with E-state index in [4.69, 9.17) is 0 Å². The van der Waals surface area contributed by atoms with Gasteiger partial charge in [0.05, 0.1) is 0 Å². The predicted octanol–water partition coefficient (Wildman–Crippen LogP) is 1.61. The lowest BCUT2D eigenvalue weighted by molar-refractivity contribution is -0.129. The van der Waals surface area contributed by atoms with Gasteiger partial charge in [-0.25, -0.2) is 9.97 Å². The van der Waals surface area contributed by atoms with Crippen LogP contribution >= 0.6 is 0 Å². The smallest absolute Gasteiger partial charge is 0.225 e. The minimum atomic E-state index is -0.320. The van der Waals surface area contributed by atoms with Crippen LogP contribution in [0.2, 0.25) is 0 Å². The predicted molar refractivity (Wildman–Crippen MR) is 74.9 cm³/mol. The number of hydrogen-bond acceptors (Lipinski definition) is 4. The van der Waals surface area contributed by atoms with E-state index in [1.165, 1.54) is 0 Å². The molecule has 104 valence electrons. The van der Waals surface area contributed by atoms with Gasteiger partial charge in [-0.15, -0.1) is 0 Å². The van der Waals surface area contributed by atoms with Crippen LogP contribution in [0.15, 0.2) is 18.5 Å². The number of amides is 1. The van der Waals surface area contributed by atoms with Gasteiger partial charge in [-0.3, -0.25) is 4.79 Å². The first-order chi connectivity index (χ1) is 8.97. The largest absolute Gasteiger partial charge is 0.353 e. The van der Waals surface area contributed by atoms with E-state index in [9.17, 15) is 4.79 Å². The Hall–Kier alpha value is -1.65. The topological polar surface area (TPSA) is 58.1 Å². The van der Waals surface area contributed by atoms with Crippen molar-refractivity contribution in [3.63, 3.8) is 0 Å². The van der Waals surface area contributed by atoms with E-state index >= 15 is 0 Å². The Morgan fingerprint density at radius 3 is 2.37 bits per heavy atom.